The third-order valence-electron chi connectivity index (χ3n) is 4.69. The van der Waals surface area contributed by atoms with E-state index in [2.05, 4.69) is 20.0 Å². The lowest BCUT2D eigenvalue weighted by Gasteiger charge is -2.24. The highest BCUT2D eigenvalue weighted by atomic mass is 16.5. The number of nitrogens with zero attached hydrogens (tertiary/aromatic N) is 5. The standard InChI is InChI=1S/C17H21N5O2/c23-17(22-10-2-1-3-11-22)16-19-15(20-24-16)13-6-7-18-14(12-13)21-8-4-5-9-21/h6-7,12H,1-5,8-11H2. The van der Waals surface area contributed by atoms with E-state index in [0.29, 0.717) is 5.82 Å². The number of rotatable bonds is 3. The van der Waals surface area contributed by atoms with Gasteiger partial charge in [0.15, 0.2) is 0 Å². The van der Waals surface area contributed by atoms with E-state index in [-0.39, 0.29) is 11.8 Å². The molecule has 2 saturated heterocycles. The maximum absolute atomic E-state index is 12.4. The average Bonchev–Trinajstić information content (AvgIpc) is 3.34. The van der Waals surface area contributed by atoms with Gasteiger partial charge in [-0.3, -0.25) is 4.79 Å². The first-order valence-electron chi connectivity index (χ1n) is 8.65. The van der Waals surface area contributed by atoms with E-state index in [1.54, 1.807) is 11.1 Å². The molecule has 0 N–H and O–H groups in total. The van der Waals surface area contributed by atoms with E-state index in [0.717, 1.165) is 50.4 Å². The molecule has 24 heavy (non-hydrogen) atoms. The largest absolute Gasteiger partial charge is 0.357 e. The highest BCUT2D eigenvalue weighted by Gasteiger charge is 2.24. The van der Waals surface area contributed by atoms with E-state index in [1.807, 2.05) is 12.1 Å². The molecule has 2 aromatic rings. The second kappa shape index (κ2) is 6.59. The van der Waals surface area contributed by atoms with Crippen LogP contribution in [0.2, 0.25) is 0 Å². The molecule has 4 heterocycles. The number of carbonyl (C=O) groups excluding carboxylic acids is 1. The fraction of sp³-hybridized carbons (Fsp3) is 0.529. The van der Waals surface area contributed by atoms with Crippen molar-refractivity contribution in [3.8, 4) is 11.4 Å². The Morgan fingerprint density at radius 3 is 2.58 bits per heavy atom. The van der Waals surface area contributed by atoms with Gasteiger partial charge in [0.2, 0.25) is 5.82 Å². The van der Waals surface area contributed by atoms with Crippen molar-refractivity contribution in [2.45, 2.75) is 32.1 Å². The van der Waals surface area contributed by atoms with Crippen molar-refractivity contribution in [3.05, 3.63) is 24.2 Å². The number of likely N-dealkylation sites (tertiary alicyclic amines) is 1. The number of anilines is 1. The molecule has 2 aliphatic rings. The quantitative estimate of drug-likeness (QED) is 0.861. The van der Waals surface area contributed by atoms with Crippen LogP contribution in [-0.2, 0) is 0 Å². The summed E-state index contributed by atoms with van der Waals surface area (Å²) in [5, 5.41) is 3.99. The van der Waals surface area contributed by atoms with E-state index >= 15 is 0 Å². The molecular weight excluding hydrogens is 306 g/mol. The first-order chi connectivity index (χ1) is 11.8. The zero-order chi connectivity index (χ0) is 16.4. The zero-order valence-electron chi connectivity index (χ0n) is 13.6. The lowest BCUT2D eigenvalue weighted by atomic mass is 10.1. The molecule has 0 aliphatic carbocycles. The fourth-order valence-corrected chi connectivity index (χ4v) is 3.34. The van der Waals surface area contributed by atoms with Gasteiger partial charge in [-0.05, 0) is 44.2 Å². The first-order valence-corrected chi connectivity index (χ1v) is 8.65. The van der Waals surface area contributed by atoms with Crippen molar-refractivity contribution < 1.29 is 9.32 Å². The molecule has 7 nitrogen and oxygen atoms in total. The van der Waals surface area contributed by atoms with Gasteiger partial charge in [-0.15, -0.1) is 0 Å². The zero-order valence-corrected chi connectivity index (χ0v) is 13.6. The molecule has 126 valence electrons. The SMILES string of the molecule is O=C(c1nc(-c2ccnc(N3CCCC3)c2)no1)N1CCCCC1. The molecule has 2 aromatic heterocycles. The summed E-state index contributed by atoms with van der Waals surface area (Å²) in [6.45, 7) is 3.60. The molecule has 0 unspecified atom stereocenters. The minimum absolute atomic E-state index is 0.0754. The molecule has 0 radical (unpaired) electrons. The second-order valence-corrected chi connectivity index (χ2v) is 6.37. The number of pyridine rings is 1. The molecule has 1 amide bonds. The molecule has 7 heteroatoms. The van der Waals surface area contributed by atoms with Crippen molar-refractivity contribution in [2.24, 2.45) is 0 Å². The second-order valence-electron chi connectivity index (χ2n) is 6.37. The number of aromatic nitrogens is 3. The van der Waals surface area contributed by atoms with Crippen molar-refractivity contribution >= 4 is 11.7 Å². The van der Waals surface area contributed by atoms with Gasteiger partial charge in [0.25, 0.3) is 0 Å². The van der Waals surface area contributed by atoms with E-state index in [4.69, 9.17) is 4.52 Å². The van der Waals surface area contributed by atoms with E-state index in [1.165, 1.54) is 19.3 Å². The molecule has 0 saturated carbocycles. The summed E-state index contributed by atoms with van der Waals surface area (Å²) in [7, 11) is 0. The number of amides is 1. The smallest absolute Gasteiger partial charge is 0.316 e. The number of hydrogen-bond acceptors (Lipinski definition) is 6. The molecule has 4 rings (SSSR count). The minimum atomic E-state index is -0.165. The normalized spacial score (nSPS) is 18.2. The van der Waals surface area contributed by atoms with Crippen molar-refractivity contribution in [2.75, 3.05) is 31.1 Å². The molecule has 2 fully saturated rings. The van der Waals surface area contributed by atoms with Crippen LogP contribution in [0.4, 0.5) is 5.82 Å². The van der Waals surface area contributed by atoms with Crippen LogP contribution in [-0.4, -0.2) is 52.1 Å². The third-order valence-corrected chi connectivity index (χ3v) is 4.69. The molecule has 0 aromatic carbocycles. The lowest BCUT2D eigenvalue weighted by Crippen LogP contribution is -2.35. The van der Waals surface area contributed by atoms with Crippen LogP contribution in [0.3, 0.4) is 0 Å². The van der Waals surface area contributed by atoms with Gasteiger partial charge >= 0.3 is 11.8 Å². The van der Waals surface area contributed by atoms with Crippen LogP contribution in [0.5, 0.6) is 0 Å². The summed E-state index contributed by atoms with van der Waals surface area (Å²) in [6, 6.07) is 3.81. The van der Waals surface area contributed by atoms with Crippen LogP contribution in [0.1, 0.15) is 42.8 Å². The minimum Gasteiger partial charge on any atom is -0.357 e. The average molecular weight is 327 g/mol. The Kier molecular flexibility index (Phi) is 4.15. The molecule has 0 spiro atoms. The van der Waals surface area contributed by atoms with Gasteiger partial charge in [-0.2, -0.15) is 4.98 Å². The maximum atomic E-state index is 12.4. The van der Waals surface area contributed by atoms with Crippen LogP contribution in [0, 0.1) is 0 Å². The molecular formula is C17H21N5O2. The van der Waals surface area contributed by atoms with Gasteiger partial charge in [-0.1, -0.05) is 5.16 Å². The van der Waals surface area contributed by atoms with E-state index < -0.39 is 0 Å². The topological polar surface area (TPSA) is 75.4 Å². The molecule has 2 aliphatic heterocycles. The Morgan fingerprint density at radius 2 is 1.79 bits per heavy atom. The number of hydrogen-bond donors (Lipinski definition) is 0. The maximum Gasteiger partial charge on any atom is 0.316 e. The third kappa shape index (κ3) is 2.98. The molecule has 0 atom stereocenters. The summed E-state index contributed by atoms with van der Waals surface area (Å²) in [6.07, 6.45) is 7.40. The monoisotopic (exact) mass is 327 g/mol. The van der Waals surface area contributed by atoms with Gasteiger partial charge in [-0.25, -0.2) is 4.98 Å². The summed E-state index contributed by atoms with van der Waals surface area (Å²) < 4.78 is 5.21. The Morgan fingerprint density at radius 1 is 1.04 bits per heavy atom. The van der Waals surface area contributed by atoms with Crippen LogP contribution in [0.15, 0.2) is 22.9 Å². The van der Waals surface area contributed by atoms with Crippen molar-refractivity contribution in [3.63, 3.8) is 0 Å². The highest BCUT2D eigenvalue weighted by molar-refractivity contribution is 5.90. The van der Waals surface area contributed by atoms with Gasteiger partial charge in [0.1, 0.15) is 5.82 Å². The Hall–Kier alpha value is -2.44. The van der Waals surface area contributed by atoms with Gasteiger partial charge < -0.3 is 14.3 Å². The fourth-order valence-electron chi connectivity index (χ4n) is 3.34. The van der Waals surface area contributed by atoms with E-state index in [9.17, 15) is 4.79 Å². The Balaban J connectivity index is 1.54. The predicted molar refractivity (Wildman–Crippen MR) is 88.7 cm³/mol. The number of carbonyl (C=O) groups is 1. The van der Waals surface area contributed by atoms with Gasteiger partial charge in [0, 0.05) is 37.9 Å². The van der Waals surface area contributed by atoms with Crippen LogP contribution < -0.4 is 4.90 Å². The Labute approximate surface area is 140 Å². The van der Waals surface area contributed by atoms with Crippen molar-refractivity contribution in [1.29, 1.82) is 0 Å². The summed E-state index contributed by atoms with van der Waals surface area (Å²) in [5.74, 6) is 1.28. The number of piperidine rings is 1. The Bertz CT molecular complexity index is 717. The summed E-state index contributed by atoms with van der Waals surface area (Å²) in [4.78, 5) is 25.2. The molecule has 0 bridgehead atoms. The van der Waals surface area contributed by atoms with Crippen LogP contribution >= 0.6 is 0 Å². The highest BCUT2D eigenvalue weighted by Crippen LogP contribution is 2.23. The van der Waals surface area contributed by atoms with Crippen LogP contribution in [0.25, 0.3) is 11.4 Å². The first kappa shape index (κ1) is 15.1. The van der Waals surface area contributed by atoms with Gasteiger partial charge in [0.05, 0.1) is 0 Å². The summed E-state index contributed by atoms with van der Waals surface area (Å²) in [5.41, 5.74) is 0.827. The summed E-state index contributed by atoms with van der Waals surface area (Å²) >= 11 is 0. The van der Waals surface area contributed by atoms with Crippen molar-refractivity contribution in [1.82, 2.24) is 20.0 Å². The predicted octanol–water partition coefficient (Wildman–Crippen LogP) is 2.36. The lowest BCUT2D eigenvalue weighted by molar-refractivity contribution is 0.0674.